The van der Waals surface area contributed by atoms with Crippen molar-refractivity contribution in [2.24, 2.45) is 0 Å². The van der Waals surface area contributed by atoms with Crippen LogP contribution in [0.3, 0.4) is 0 Å². The van der Waals surface area contributed by atoms with Crippen molar-refractivity contribution in [2.45, 2.75) is 37.8 Å². The minimum atomic E-state index is -4.60. The van der Waals surface area contributed by atoms with Gasteiger partial charge < -0.3 is 0 Å². The molecule has 0 radical (unpaired) electrons. The van der Waals surface area contributed by atoms with E-state index in [1.54, 1.807) is 0 Å². The Labute approximate surface area is 119 Å². The van der Waals surface area contributed by atoms with E-state index in [4.69, 9.17) is 0 Å². The Bertz CT molecular complexity index is 601. The molecule has 0 aromatic heterocycles. The molecule has 3 nitrogen and oxygen atoms in total. The number of rotatable bonds is 2. The molecule has 0 unspecified atom stereocenters. The van der Waals surface area contributed by atoms with Crippen molar-refractivity contribution in [2.75, 3.05) is 0 Å². The van der Waals surface area contributed by atoms with E-state index in [0.717, 1.165) is 25.1 Å². The summed E-state index contributed by atoms with van der Waals surface area (Å²) in [5.74, 6) is -1.97. The molecule has 0 saturated heterocycles. The largest absolute Gasteiger partial charge is 0.416 e. The van der Waals surface area contributed by atoms with Crippen molar-refractivity contribution < 1.29 is 27.6 Å². The third kappa shape index (κ3) is 2.39. The van der Waals surface area contributed by atoms with E-state index in [9.17, 15) is 27.6 Å². The lowest BCUT2D eigenvalue weighted by molar-refractivity contribution is -0.145. The Morgan fingerprint density at radius 1 is 1.14 bits per heavy atom. The Balaban J connectivity index is 2.67. The fourth-order valence-electron chi connectivity index (χ4n) is 2.79. The van der Waals surface area contributed by atoms with Crippen LogP contribution in [0.4, 0.5) is 13.2 Å². The Morgan fingerprint density at radius 2 is 1.71 bits per heavy atom. The van der Waals surface area contributed by atoms with Crippen molar-refractivity contribution in [3.05, 3.63) is 35.4 Å². The topological polar surface area (TPSA) is 51.2 Å². The average Bonchev–Trinajstić information content (AvgIpc) is 2.38. The van der Waals surface area contributed by atoms with Gasteiger partial charge in [0.2, 0.25) is 0 Å². The molecule has 21 heavy (non-hydrogen) atoms. The van der Waals surface area contributed by atoms with E-state index in [1.165, 1.54) is 6.07 Å². The van der Waals surface area contributed by atoms with Gasteiger partial charge in [0.05, 0.1) is 5.56 Å². The van der Waals surface area contributed by atoms with Crippen LogP contribution in [0, 0.1) is 0 Å². The van der Waals surface area contributed by atoms with Crippen molar-refractivity contribution >= 4 is 17.3 Å². The van der Waals surface area contributed by atoms with E-state index in [1.807, 2.05) is 0 Å². The highest BCUT2D eigenvalue weighted by molar-refractivity contribution is 6.30. The molecule has 112 valence electrons. The van der Waals surface area contributed by atoms with Crippen LogP contribution in [0.5, 0.6) is 0 Å². The van der Waals surface area contributed by atoms with Crippen LogP contribution in [0.15, 0.2) is 24.3 Å². The normalized spacial score (nSPS) is 18.7. The second-order valence-electron chi connectivity index (χ2n) is 5.08. The molecule has 0 bridgehead atoms. The number of alkyl halides is 3. The van der Waals surface area contributed by atoms with Crippen LogP contribution in [-0.4, -0.2) is 17.3 Å². The first-order chi connectivity index (χ1) is 9.70. The zero-order valence-corrected chi connectivity index (χ0v) is 11.3. The first-order valence-electron chi connectivity index (χ1n) is 6.46. The SMILES string of the molecule is CC(=O)C1(c2cccc(C(F)(F)F)c2)C(=O)CCCC1=O. The van der Waals surface area contributed by atoms with E-state index in [-0.39, 0.29) is 18.4 Å². The molecule has 1 aliphatic rings. The number of carbonyl (C=O) groups excluding carboxylic acids is 3. The van der Waals surface area contributed by atoms with Crippen LogP contribution in [0.1, 0.15) is 37.3 Å². The maximum absolute atomic E-state index is 12.8. The van der Waals surface area contributed by atoms with Gasteiger partial charge in [-0.2, -0.15) is 13.2 Å². The lowest BCUT2D eigenvalue weighted by Crippen LogP contribution is -2.51. The second kappa shape index (κ2) is 5.09. The maximum atomic E-state index is 12.8. The van der Waals surface area contributed by atoms with Gasteiger partial charge in [0, 0.05) is 12.8 Å². The molecule has 0 atom stereocenters. The van der Waals surface area contributed by atoms with Crippen LogP contribution in [0.2, 0.25) is 0 Å². The zero-order chi connectivity index (χ0) is 15.8. The molecule has 0 heterocycles. The molecule has 1 aliphatic carbocycles. The van der Waals surface area contributed by atoms with Gasteiger partial charge >= 0.3 is 6.18 Å². The summed E-state index contributed by atoms with van der Waals surface area (Å²) in [7, 11) is 0. The summed E-state index contributed by atoms with van der Waals surface area (Å²) < 4.78 is 38.4. The van der Waals surface area contributed by atoms with E-state index >= 15 is 0 Å². The van der Waals surface area contributed by atoms with Crippen LogP contribution in [0.25, 0.3) is 0 Å². The van der Waals surface area contributed by atoms with E-state index < -0.39 is 34.5 Å². The molecule has 1 aromatic rings. The molecule has 1 aromatic carbocycles. The Kier molecular flexibility index (Phi) is 3.74. The average molecular weight is 298 g/mol. The van der Waals surface area contributed by atoms with Gasteiger partial charge in [-0.15, -0.1) is 0 Å². The lowest BCUT2D eigenvalue weighted by Gasteiger charge is -2.32. The molecule has 0 spiro atoms. The Morgan fingerprint density at radius 3 is 2.19 bits per heavy atom. The smallest absolute Gasteiger partial charge is 0.298 e. The van der Waals surface area contributed by atoms with Crippen LogP contribution >= 0.6 is 0 Å². The highest BCUT2D eigenvalue weighted by atomic mass is 19.4. The minimum absolute atomic E-state index is 0.0154. The minimum Gasteiger partial charge on any atom is -0.298 e. The third-order valence-electron chi connectivity index (χ3n) is 3.80. The molecular weight excluding hydrogens is 285 g/mol. The molecule has 2 rings (SSSR count). The van der Waals surface area contributed by atoms with Crippen molar-refractivity contribution in [1.82, 2.24) is 0 Å². The number of hydrogen-bond acceptors (Lipinski definition) is 3. The Hall–Kier alpha value is -1.98. The summed E-state index contributed by atoms with van der Waals surface area (Å²) in [5.41, 5.74) is -3.23. The zero-order valence-electron chi connectivity index (χ0n) is 11.3. The van der Waals surface area contributed by atoms with Gasteiger partial charge in [0.25, 0.3) is 0 Å². The fourth-order valence-corrected chi connectivity index (χ4v) is 2.79. The molecule has 0 amide bonds. The number of carbonyl (C=O) groups is 3. The van der Waals surface area contributed by atoms with Gasteiger partial charge in [0.1, 0.15) is 0 Å². The number of halogens is 3. The van der Waals surface area contributed by atoms with Crippen molar-refractivity contribution in [3.63, 3.8) is 0 Å². The fraction of sp³-hybridized carbons (Fsp3) is 0.400. The van der Waals surface area contributed by atoms with E-state index in [2.05, 4.69) is 0 Å². The molecule has 0 N–H and O–H groups in total. The lowest BCUT2D eigenvalue weighted by atomic mass is 9.65. The quantitative estimate of drug-likeness (QED) is 0.789. The maximum Gasteiger partial charge on any atom is 0.416 e. The van der Waals surface area contributed by atoms with Gasteiger partial charge in [0.15, 0.2) is 22.8 Å². The number of Topliss-reactive ketones (excluding diaryl/α,β-unsaturated/α-hetero) is 3. The summed E-state index contributed by atoms with van der Waals surface area (Å²) in [6.45, 7) is 1.07. The first kappa shape index (κ1) is 15.4. The summed E-state index contributed by atoms with van der Waals surface area (Å²) in [5, 5.41) is 0. The molecule has 6 heteroatoms. The van der Waals surface area contributed by atoms with Gasteiger partial charge in [-0.05, 0) is 31.0 Å². The predicted octanol–water partition coefficient (Wildman–Crippen LogP) is 2.85. The van der Waals surface area contributed by atoms with E-state index in [0.29, 0.717) is 6.42 Å². The predicted molar refractivity (Wildman–Crippen MR) is 67.7 cm³/mol. The molecule has 1 fully saturated rings. The number of benzene rings is 1. The van der Waals surface area contributed by atoms with Crippen molar-refractivity contribution in [3.8, 4) is 0 Å². The molecule has 1 saturated carbocycles. The molecular formula is C15H13F3O3. The third-order valence-corrected chi connectivity index (χ3v) is 3.80. The summed E-state index contributed by atoms with van der Waals surface area (Å²) in [6, 6.07) is 3.91. The van der Waals surface area contributed by atoms with Crippen LogP contribution in [-0.2, 0) is 26.0 Å². The van der Waals surface area contributed by atoms with Gasteiger partial charge in [-0.3, -0.25) is 14.4 Å². The van der Waals surface area contributed by atoms with Crippen molar-refractivity contribution in [1.29, 1.82) is 0 Å². The number of ketones is 3. The highest BCUT2D eigenvalue weighted by Crippen LogP contribution is 2.38. The summed E-state index contributed by atoms with van der Waals surface area (Å²) in [6.07, 6.45) is -4.25. The second-order valence-corrected chi connectivity index (χ2v) is 5.08. The standard InChI is InChI=1S/C15H13F3O3/c1-9(19)14(12(20)6-3-7-13(14)21)10-4-2-5-11(8-10)15(16,17)18/h2,4-5,8H,3,6-7H2,1H3. The summed E-state index contributed by atoms with van der Waals surface area (Å²) in [4.78, 5) is 36.4. The highest BCUT2D eigenvalue weighted by Gasteiger charge is 2.52. The summed E-state index contributed by atoms with van der Waals surface area (Å²) >= 11 is 0. The van der Waals surface area contributed by atoms with Crippen LogP contribution < -0.4 is 0 Å². The van der Waals surface area contributed by atoms with Gasteiger partial charge in [-0.25, -0.2) is 0 Å². The van der Waals surface area contributed by atoms with Gasteiger partial charge in [-0.1, -0.05) is 12.1 Å². The first-order valence-corrected chi connectivity index (χ1v) is 6.46. The monoisotopic (exact) mass is 298 g/mol. The number of hydrogen-bond donors (Lipinski definition) is 0. The molecule has 0 aliphatic heterocycles.